The lowest BCUT2D eigenvalue weighted by atomic mass is 9.95. The highest BCUT2D eigenvalue weighted by molar-refractivity contribution is 7.99. The van der Waals surface area contributed by atoms with E-state index in [4.69, 9.17) is 5.73 Å². The van der Waals surface area contributed by atoms with Crippen LogP contribution in [0.15, 0.2) is 58.3 Å². The quantitative estimate of drug-likeness (QED) is 0.570. The Hall–Kier alpha value is -2.24. The van der Waals surface area contributed by atoms with Gasteiger partial charge < -0.3 is 16.0 Å². The van der Waals surface area contributed by atoms with Crippen LogP contribution in [0.3, 0.4) is 0 Å². The number of carbonyl (C=O) groups is 1. The summed E-state index contributed by atoms with van der Waals surface area (Å²) in [5.41, 5.74) is 8.34. The Morgan fingerprint density at radius 2 is 2.00 bits per heavy atom. The Labute approximate surface area is 169 Å². The summed E-state index contributed by atoms with van der Waals surface area (Å²) in [5.74, 6) is 1.39. The number of nitrogens with two attached hydrogens (primary N) is 1. The molecule has 2 saturated carbocycles. The summed E-state index contributed by atoms with van der Waals surface area (Å²) in [5, 5.41) is 4.85. The first-order valence-corrected chi connectivity index (χ1v) is 10.9. The standard InChI is InChI=1S/C23H25N3OS/c24-23(27)21-22(28-17-4-2-1-3-5-17)18-11-15(7-9-19(18)26-21)13-25-20-12-14-6-8-16(20)10-14/h1-5,7,9,11,14,16,20,25-26H,6,8,10,12-13H2,(H2,24,27). The van der Waals surface area contributed by atoms with Crippen molar-refractivity contribution in [1.29, 1.82) is 0 Å². The van der Waals surface area contributed by atoms with Crippen LogP contribution in [-0.2, 0) is 6.54 Å². The van der Waals surface area contributed by atoms with Gasteiger partial charge in [0.2, 0.25) is 0 Å². The predicted molar refractivity (Wildman–Crippen MR) is 113 cm³/mol. The van der Waals surface area contributed by atoms with Crippen LogP contribution in [0.1, 0.15) is 41.7 Å². The second kappa shape index (κ2) is 7.30. The van der Waals surface area contributed by atoms with E-state index in [0.29, 0.717) is 11.7 Å². The first kappa shape index (κ1) is 17.8. The molecule has 2 aliphatic carbocycles. The van der Waals surface area contributed by atoms with Crippen LogP contribution < -0.4 is 11.1 Å². The lowest BCUT2D eigenvalue weighted by Gasteiger charge is -2.23. The highest BCUT2D eigenvalue weighted by Crippen LogP contribution is 2.44. The van der Waals surface area contributed by atoms with Crippen molar-refractivity contribution in [3.63, 3.8) is 0 Å². The summed E-state index contributed by atoms with van der Waals surface area (Å²) < 4.78 is 0. The van der Waals surface area contributed by atoms with Gasteiger partial charge in [-0.25, -0.2) is 0 Å². The van der Waals surface area contributed by atoms with Crippen LogP contribution >= 0.6 is 11.8 Å². The van der Waals surface area contributed by atoms with Crippen molar-refractivity contribution >= 4 is 28.6 Å². The number of aromatic nitrogens is 1. The van der Waals surface area contributed by atoms with Gasteiger partial charge in [0, 0.05) is 28.4 Å². The van der Waals surface area contributed by atoms with Crippen molar-refractivity contribution in [2.24, 2.45) is 17.6 Å². The average molecular weight is 392 g/mol. The summed E-state index contributed by atoms with van der Waals surface area (Å²) in [6, 6.07) is 17.2. The maximum absolute atomic E-state index is 12.0. The summed E-state index contributed by atoms with van der Waals surface area (Å²) in [4.78, 5) is 17.2. The molecule has 2 aliphatic rings. The molecule has 144 valence electrons. The monoisotopic (exact) mass is 391 g/mol. The fourth-order valence-corrected chi connectivity index (χ4v) is 6.02. The van der Waals surface area contributed by atoms with E-state index in [2.05, 4.69) is 40.6 Å². The minimum absolute atomic E-state index is 0.420. The van der Waals surface area contributed by atoms with Crippen LogP contribution in [0.2, 0.25) is 0 Å². The van der Waals surface area contributed by atoms with E-state index < -0.39 is 5.91 Å². The lowest BCUT2D eigenvalue weighted by Crippen LogP contribution is -2.33. The number of primary amides is 1. The van der Waals surface area contributed by atoms with Gasteiger partial charge in [-0.2, -0.15) is 0 Å². The molecule has 0 aliphatic heterocycles. The second-order valence-corrected chi connectivity index (χ2v) is 9.23. The van der Waals surface area contributed by atoms with Gasteiger partial charge >= 0.3 is 0 Å². The van der Waals surface area contributed by atoms with Gasteiger partial charge in [-0.05, 0) is 60.9 Å². The SMILES string of the molecule is NC(=O)c1[nH]c2ccc(CNC3CC4CCC3C4)cc2c1Sc1ccccc1. The molecular weight excluding hydrogens is 366 g/mol. The molecule has 1 aromatic heterocycles. The summed E-state index contributed by atoms with van der Waals surface area (Å²) >= 11 is 1.59. The maximum atomic E-state index is 12.0. The van der Waals surface area contributed by atoms with Crippen LogP contribution in [0.5, 0.6) is 0 Å². The third-order valence-corrected chi connectivity index (χ3v) is 7.47. The fourth-order valence-electron chi connectivity index (χ4n) is 4.95. The summed E-state index contributed by atoms with van der Waals surface area (Å²) in [6.45, 7) is 0.871. The molecule has 0 saturated heterocycles. The number of hydrogen-bond donors (Lipinski definition) is 3. The molecule has 2 aromatic carbocycles. The first-order chi connectivity index (χ1) is 13.7. The number of hydrogen-bond acceptors (Lipinski definition) is 3. The van der Waals surface area contributed by atoms with E-state index in [0.717, 1.165) is 39.1 Å². The normalized spacial score (nSPS) is 23.5. The van der Waals surface area contributed by atoms with Gasteiger partial charge in [-0.1, -0.05) is 42.4 Å². The van der Waals surface area contributed by atoms with Crippen LogP contribution in [0.4, 0.5) is 0 Å². The van der Waals surface area contributed by atoms with Crippen molar-refractivity contribution in [2.45, 2.75) is 48.1 Å². The zero-order valence-electron chi connectivity index (χ0n) is 15.8. The summed E-state index contributed by atoms with van der Waals surface area (Å²) in [7, 11) is 0. The Bertz CT molecular complexity index is 1010. The fraction of sp³-hybridized carbons (Fsp3) is 0.348. The molecule has 3 aromatic rings. The van der Waals surface area contributed by atoms with Crippen LogP contribution in [0, 0.1) is 11.8 Å². The minimum Gasteiger partial charge on any atom is -0.364 e. The number of amides is 1. The number of benzene rings is 2. The molecule has 28 heavy (non-hydrogen) atoms. The Kier molecular flexibility index (Phi) is 4.65. The van der Waals surface area contributed by atoms with Gasteiger partial charge in [0.1, 0.15) is 5.69 Å². The van der Waals surface area contributed by atoms with Crippen molar-refractivity contribution in [3.05, 3.63) is 59.8 Å². The number of rotatable bonds is 6. The third-order valence-electron chi connectivity index (χ3n) is 6.33. The van der Waals surface area contributed by atoms with Gasteiger partial charge in [-0.15, -0.1) is 0 Å². The Morgan fingerprint density at radius 1 is 1.14 bits per heavy atom. The molecule has 1 amide bonds. The Balaban J connectivity index is 1.42. The van der Waals surface area contributed by atoms with Crippen LogP contribution in [0.25, 0.3) is 10.9 Å². The number of aromatic amines is 1. The largest absolute Gasteiger partial charge is 0.364 e. The van der Waals surface area contributed by atoms with E-state index >= 15 is 0 Å². The van der Waals surface area contributed by atoms with E-state index in [1.807, 2.05) is 18.2 Å². The van der Waals surface area contributed by atoms with Gasteiger partial charge in [0.25, 0.3) is 5.91 Å². The molecule has 4 N–H and O–H groups in total. The number of carbonyl (C=O) groups excluding carboxylic acids is 1. The van der Waals surface area contributed by atoms with Gasteiger partial charge in [0.05, 0.1) is 4.90 Å². The zero-order valence-corrected chi connectivity index (χ0v) is 16.6. The maximum Gasteiger partial charge on any atom is 0.266 e. The molecule has 3 atom stereocenters. The highest BCUT2D eigenvalue weighted by Gasteiger charge is 2.38. The Morgan fingerprint density at radius 3 is 2.71 bits per heavy atom. The molecule has 2 fully saturated rings. The molecular formula is C23H25N3OS. The van der Waals surface area contributed by atoms with Crippen LogP contribution in [-0.4, -0.2) is 16.9 Å². The topological polar surface area (TPSA) is 70.9 Å². The van der Waals surface area contributed by atoms with Gasteiger partial charge in [0.15, 0.2) is 0 Å². The summed E-state index contributed by atoms with van der Waals surface area (Å²) in [6.07, 6.45) is 5.56. The average Bonchev–Trinajstić information content (AvgIpc) is 3.42. The minimum atomic E-state index is -0.420. The molecule has 4 nitrogen and oxygen atoms in total. The van der Waals surface area contributed by atoms with Crippen molar-refractivity contribution < 1.29 is 4.79 Å². The van der Waals surface area contributed by atoms with Crippen molar-refractivity contribution in [3.8, 4) is 0 Å². The smallest absolute Gasteiger partial charge is 0.266 e. The lowest BCUT2D eigenvalue weighted by molar-refractivity contribution is 0.0993. The number of fused-ring (bicyclic) bond motifs is 3. The number of nitrogens with one attached hydrogen (secondary N) is 2. The molecule has 0 spiro atoms. The molecule has 0 radical (unpaired) electrons. The predicted octanol–water partition coefficient (Wildman–Crippen LogP) is 4.70. The first-order valence-electron chi connectivity index (χ1n) is 10.1. The molecule has 1 heterocycles. The van der Waals surface area contributed by atoms with Crippen molar-refractivity contribution in [2.75, 3.05) is 0 Å². The highest BCUT2D eigenvalue weighted by atomic mass is 32.2. The zero-order chi connectivity index (χ0) is 19.1. The van der Waals surface area contributed by atoms with Gasteiger partial charge in [-0.3, -0.25) is 4.79 Å². The van der Waals surface area contributed by atoms with E-state index in [1.165, 1.54) is 31.2 Å². The third kappa shape index (κ3) is 3.33. The van der Waals surface area contributed by atoms with Crippen molar-refractivity contribution in [1.82, 2.24) is 10.3 Å². The molecule has 5 heteroatoms. The molecule has 3 unspecified atom stereocenters. The molecule has 5 rings (SSSR count). The number of H-pyrrole nitrogens is 1. The van der Waals surface area contributed by atoms with E-state index in [1.54, 1.807) is 11.8 Å². The second-order valence-electron chi connectivity index (χ2n) is 8.15. The van der Waals surface area contributed by atoms with E-state index in [9.17, 15) is 4.79 Å². The van der Waals surface area contributed by atoms with E-state index in [-0.39, 0.29) is 0 Å². The molecule has 2 bridgehead atoms.